The van der Waals surface area contributed by atoms with Gasteiger partial charge in [-0.15, -0.1) is 11.3 Å². The quantitative estimate of drug-likeness (QED) is 0.457. The molecule has 1 unspecified atom stereocenters. The summed E-state index contributed by atoms with van der Waals surface area (Å²) in [5, 5.41) is 3.67. The standard InChI is InChI=1S/C26H27ClN4O4S2/c27-18-8-10-19(11-9-18)37(34,35)31-13-4-7-21(31)25(33)29-26-23(24(28)32)20-12-14-30(16-22(20)36-26)15-17-5-2-1-3-6-17/h1-3,5-6,8-11,21H,4,7,12-16H2,(H2,28,32)(H,29,33). The first kappa shape index (κ1) is 25.9. The Balaban J connectivity index is 1.36. The lowest BCUT2D eigenvalue weighted by molar-refractivity contribution is -0.119. The summed E-state index contributed by atoms with van der Waals surface area (Å²) in [5.41, 5.74) is 8.15. The van der Waals surface area contributed by atoms with Crippen molar-refractivity contribution in [1.29, 1.82) is 0 Å². The first-order valence-corrected chi connectivity index (χ1v) is 14.7. The van der Waals surface area contributed by atoms with Crippen molar-refractivity contribution < 1.29 is 18.0 Å². The Morgan fingerprint density at radius 1 is 1.08 bits per heavy atom. The summed E-state index contributed by atoms with van der Waals surface area (Å²) < 4.78 is 27.7. The van der Waals surface area contributed by atoms with E-state index in [9.17, 15) is 18.0 Å². The zero-order valence-corrected chi connectivity index (χ0v) is 22.4. The molecule has 3 aromatic rings. The lowest BCUT2D eigenvalue weighted by Crippen LogP contribution is -2.43. The Morgan fingerprint density at radius 3 is 2.51 bits per heavy atom. The van der Waals surface area contributed by atoms with E-state index in [-0.39, 0.29) is 11.4 Å². The van der Waals surface area contributed by atoms with Gasteiger partial charge in [0.2, 0.25) is 15.9 Å². The molecular formula is C26H27ClN4O4S2. The zero-order chi connectivity index (χ0) is 26.2. The van der Waals surface area contributed by atoms with Crippen molar-refractivity contribution in [3.8, 4) is 0 Å². The highest BCUT2D eigenvalue weighted by Crippen LogP contribution is 2.38. The molecule has 2 aliphatic heterocycles. The Kier molecular flexibility index (Phi) is 7.37. The molecule has 37 heavy (non-hydrogen) atoms. The predicted octanol–water partition coefficient (Wildman–Crippen LogP) is 3.85. The van der Waals surface area contributed by atoms with Crippen LogP contribution in [0.3, 0.4) is 0 Å². The summed E-state index contributed by atoms with van der Waals surface area (Å²) in [5.74, 6) is -1.06. The van der Waals surface area contributed by atoms with Crippen molar-refractivity contribution in [1.82, 2.24) is 9.21 Å². The minimum absolute atomic E-state index is 0.0829. The molecule has 2 aliphatic rings. The van der Waals surface area contributed by atoms with Gasteiger partial charge in [0.05, 0.1) is 10.5 Å². The number of nitrogens with zero attached hydrogens (tertiary/aromatic N) is 2. The van der Waals surface area contributed by atoms with E-state index in [1.807, 2.05) is 18.2 Å². The van der Waals surface area contributed by atoms with Crippen molar-refractivity contribution in [2.75, 3.05) is 18.4 Å². The van der Waals surface area contributed by atoms with Crippen LogP contribution in [0.15, 0.2) is 59.5 Å². The Hall–Kier alpha value is -2.76. The fourth-order valence-corrected chi connectivity index (χ4v) is 8.09. The highest BCUT2D eigenvalue weighted by Gasteiger charge is 2.40. The van der Waals surface area contributed by atoms with Gasteiger partial charge in [0.1, 0.15) is 11.0 Å². The molecule has 3 heterocycles. The number of hydrogen-bond acceptors (Lipinski definition) is 6. The van der Waals surface area contributed by atoms with E-state index in [1.165, 1.54) is 45.5 Å². The number of halogens is 1. The number of benzene rings is 2. The fourth-order valence-electron chi connectivity index (χ4n) is 5.01. The zero-order valence-electron chi connectivity index (χ0n) is 20.0. The van der Waals surface area contributed by atoms with Crippen LogP contribution in [-0.2, 0) is 34.3 Å². The van der Waals surface area contributed by atoms with Crippen molar-refractivity contribution in [2.45, 2.75) is 43.3 Å². The Labute approximate surface area is 225 Å². The summed E-state index contributed by atoms with van der Waals surface area (Å²) in [6.07, 6.45) is 1.59. The molecule has 5 rings (SSSR count). The molecule has 3 N–H and O–H groups in total. The molecule has 0 bridgehead atoms. The van der Waals surface area contributed by atoms with E-state index in [2.05, 4.69) is 22.3 Å². The Morgan fingerprint density at radius 2 is 1.81 bits per heavy atom. The van der Waals surface area contributed by atoms with Crippen LogP contribution in [-0.4, -0.2) is 48.6 Å². The number of anilines is 1. The van der Waals surface area contributed by atoms with E-state index < -0.39 is 27.9 Å². The van der Waals surface area contributed by atoms with Gasteiger partial charge in [-0.2, -0.15) is 4.31 Å². The summed E-state index contributed by atoms with van der Waals surface area (Å²) in [6.45, 7) is 2.43. The number of nitrogens with one attached hydrogen (secondary N) is 1. The number of thiophene rings is 1. The second-order valence-electron chi connectivity index (χ2n) is 9.24. The third-order valence-corrected chi connectivity index (χ3v) is 10.1. The van der Waals surface area contributed by atoms with Crippen molar-refractivity contribution in [3.63, 3.8) is 0 Å². The SMILES string of the molecule is NC(=O)c1c(NC(=O)C2CCCN2S(=O)(=O)c2ccc(Cl)cc2)sc2c1CCN(Cc1ccccc1)C2. The van der Waals surface area contributed by atoms with E-state index in [1.54, 1.807) is 0 Å². The molecule has 1 fully saturated rings. The van der Waals surface area contributed by atoms with Crippen LogP contribution < -0.4 is 11.1 Å². The third kappa shape index (κ3) is 5.30. The number of amides is 2. The molecule has 0 radical (unpaired) electrons. The molecule has 1 aromatic heterocycles. The predicted molar refractivity (Wildman–Crippen MR) is 144 cm³/mol. The van der Waals surface area contributed by atoms with E-state index in [0.29, 0.717) is 41.4 Å². The number of nitrogens with two attached hydrogens (primary N) is 1. The molecule has 8 nitrogen and oxygen atoms in total. The van der Waals surface area contributed by atoms with Crippen LogP contribution in [0.1, 0.15) is 39.2 Å². The average Bonchev–Trinajstić information content (AvgIpc) is 3.50. The van der Waals surface area contributed by atoms with E-state index >= 15 is 0 Å². The lowest BCUT2D eigenvalue weighted by Gasteiger charge is -2.27. The number of rotatable bonds is 7. The van der Waals surface area contributed by atoms with Crippen LogP contribution >= 0.6 is 22.9 Å². The van der Waals surface area contributed by atoms with Crippen molar-refractivity contribution >= 4 is 49.8 Å². The molecule has 1 saturated heterocycles. The minimum atomic E-state index is -3.89. The van der Waals surface area contributed by atoms with Gasteiger partial charge in [-0.3, -0.25) is 14.5 Å². The molecule has 194 valence electrons. The number of primary amides is 1. The van der Waals surface area contributed by atoms with E-state index in [0.717, 1.165) is 23.5 Å². The molecule has 2 amide bonds. The molecule has 0 spiro atoms. The van der Waals surface area contributed by atoms with E-state index in [4.69, 9.17) is 17.3 Å². The summed E-state index contributed by atoms with van der Waals surface area (Å²) in [7, 11) is -3.89. The maximum atomic E-state index is 13.4. The second-order valence-corrected chi connectivity index (χ2v) is 12.7. The monoisotopic (exact) mass is 558 g/mol. The average molecular weight is 559 g/mol. The maximum Gasteiger partial charge on any atom is 0.251 e. The topological polar surface area (TPSA) is 113 Å². The molecule has 2 aromatic carbocycles. The molecule has 0 saturated carbocycles. The second kappa shape index (κ2) is 10.5. The maximum absolute atomic E-state index is 13.4. The Bertz CT molecular complexity index is 1420. The first-order valence-electron chi connectivity index (χ1n) is 12.0. The lowest BCUT2D eigenvalue weighted by atomic mass is 10.0. The third-order valence-electron chi connectivity index (χ3n) is 6.79. The van der Waals surface area contributed by atoms with Crippen LogP contribution in [0.5, 0.6) is 0 Å². The van der Waals surface area contributed by atoms with Gasteiger partial charge in [0.15, 0.2) is 0 Å². The van der Waals surface area contributed by atoms with Gasteiger partial charge in [-0.25, -0.2) is 8.42 Å². The van der Waals surface area contributed by atoms with Crippen LogP contribution in [0, 0.1) is 0 Å². The largest absolute Gasteiger partial charge is 0.365 e. The van der Waals surface area contributed by atoms with Crippen molar-refractivity contribution in [2.24, 2.45) is 5.73 Å². The smallest absolute Gasteiger partial charge is 0.251 e. The highest BCUT2D eigenvalue weighted by molar-refractivity contribution is 7.89. The summed E-state index contributed by atoms with van der Waals surface area (Å²) in [4.78, 5) is 29.1. The van der Waals surface area contributed by atoms with Gasteiger partial charge in [-0.1, -0.05) is 41.9 Å². The van der Waals surface area contributed by atoms with Gasteiger partial charge in [-0.05, 0) is 54.7 Å². The number of fused-ring (bicyclic) bond motifs is 1. The van der Waals surface area contributed by atoms with Gasteiger partial charge in [0, 0.05) is 36.1 Å². The van der Waals surface area contributed by atoms with Crippen LogP contribution in [0.2, 0.25) is 5.02 Å². The number of carbonyl (C=O) groups excluding carboxylic acids is 2. The van der Waals surface area contributed by atoms with Crippen molar-refractivity contribution in [3.05, 3.63) is 81.2 Å². The molecular weight excluding hydrogens is 532 g/mol. The molecule has 1 atom stereocenters. The minimum Gasteiger partial charge on any atom is -0.365 e. The van der Waals surface area contributed by atoms with Crippen LogP contribution in [0.25, 0.3) is 0 Å². The normalized spacial score (nSPS) is 18.5. The molecule has 0 aliphatic carbocycles. The molecule has 11 heteroatoms. The summed E-state index contributed by atoms with van der Waals surface area (Å²) >= 11 is 7.25. The first-order chi connectivity index (χ1) is 17.7. The summed E-state index contributed by atoms with van der Waals surface area (Å²) in [6, 6.07) is 15.2. The fraction of sp³-hybridized carbons (Fsp3) is 0.308. The number of hydrogen-bond donors (Lipinski definition) is 2. The van der Waals surface area contributed by atoms with Gasteiger partial charge >= 0.3 is 0 Å². The van der Waals surface area contributed by atoms with Gasteiger partial charge < -0.3 is 11.1 Å². The number of sulfonamides is 1. The van der Waals surface area contributed by atoms with Crippen LogP contribution in [0.4, 0.5) is 5.00 Å². The number of carbonyl (C=O) groups is 2. The van der Waals surface area contributed by atoms with Gasteiger partial charge in [0.25, 0.3) is 5.91 Å². The highest BCUT2D eigenvalue weighted by atomic mass is 35.5.